The first kappa shape index (κ1) is 14.8. The third kappa shape index (κ3) is 6.93. The fourth-order valence-corrected chi connectivity index (χ4v) is 2.93. The molecule has 17 heavy (non-hydrogen) atoms. The van der Waals surface area contributed by atoms with Crippen molar-refractivity contribution in [1.82, 2.24) is 5.48 Å². The van der Waals surface area contributed by atoms with Gasteiger partial charge in [-0.05, 0) is 32.9 Å². The first-order valence-electron chi connectivity index (χ1n) is 5.15. The Morgan fingerprint density at radius 3 is 2.76 bits per heavy atom. The van der Waals surface area contributed by atoms with Gasteiger partial charge in [-0.2, -0.15) is 0 Å². The second-order valence-corrected chi connectivity index (χ2v) is 7.22. The zero-order valence-corrected chi connectivity index (χ0v) is 12.5. The lowest BCUT2D eigenvalue weighted by atomic mass is 10.2. The monoisotopic (exact) mass is 293 g/mol. The highest BCUT2D eigenvalue weighted by Crippen LogP contribution is 2.24. The summed E-state index contributed by atoms with van der Waals surface area (Å²) in [7, 11) is 0. The minimum absolute atomic E-state index is 0.118. The third-order valence-corrected chi connectivity index (χ3v) is 3.97. The van der Waals surface area contributed by atoms with Crippen LogP contribution in [0.1, 0.15) is 25.6 Å². The molecule has 1 amide bonds. The molecular weight excluding hydrogens is 278 g/mol. The first-order chi connectivity index (χ1) is 7.87. The topological polar surface area (TPSA) is 38.3 Å². The lowest BCUT2D eigenvalue weighted by Gasteiger charge is -2.18. The molecule has 0 aromatic carbocycles. The summed E-state index contributed by atoms with van der Waals surface area (Å²) >= 11 is 8.89. The van der Waals surface area contributed by atoms with E-state index in [9.17, 15) is 4.79 Å². The largest absolute Gasteiger partial charge is 0.272 e. The molecule has 1 aromatic heterocycles. The number of carbonyl (C=O) groups is 1. The van der Waals surface area contributed by atoms with Crippen LogP contribution in [0.15, 0.2) is 12.1 Å². The van der Waals surface area contributed by atoms with E-state index >= 15 is 0 Å². The molecular formula is C11H16ClNO2S2. The molecule has 1 N–H and O–H groups in total. The second-order valence-electron chi connectivity index (χ2n) is 4.44. The van der Waals surface area contributed by atoms with Crippen molar-refractivity contribution >= 4 is 40.6 Å². The molecule has 0 aliphatic rings. The van der Waals surface area contributed by atoms with Crippen LogP contribution in [0.4, 0.5) is 0 Å². The van der Waals surface area contributed by atoms with Gasteiger partial charge in [0.2, 0.25) is 0 Å². The summed E-state index contributed by atoms with van der Waals surface area (Å²) in [4.78, 5) is 17.7. The Hall–Kier alpha value is -0.230. The summed E-state index contributed by atoms with van der Waals surface area (Å²) < 4.78 is 0.779. The summed E-state index contributed by atoms with van der Waals surface area (Å²) in [5.74, 6) is 1.05. The molecule has 0 spiro atoms. The van der Waals surface area contributed by atoms with E-state index < -0.39 is 0 Å². The smallest absolute Gasteiger partial charge is 0.253 e. The van der Waals surface area contributed by atoms with Crippen LogP contribution in [0.25, 0.3) is 0 Å². The van der Waals surface area contributed by atoms with E-state index in [-0.39, 0.29) is 11.5 Å². The second kappa shape index (κ2) is 6.64. The summed E-state index contributed by atoms with van der Waals surface area (Å²) in [6.45, 7) is 5.65. The van der Waals surface area contributed by atoms with Crippen molar-refractivity contribution in [3.8, 4) is 0 Å². The van der Waals surface area contributed by atoms with Crippen molar-refractivity contribution in [2.24, 2.45) is 0 Å². The van der Waals surface area contributed by atoms with E-state index in [1.165, 1.54) is 28.0 Å². The lowest BCUT2D eigenvalue weighted by molar-refractivity contribution is -0.142. The van der Waals surface area contributed by atoms with Gasteiger partial charge in [0, 0.05) is 10.6 Å². The normalized spacial score (nSPS) is 11.5. The van der Waals surface area contributed by atoms with Gasteiger partial charge in [0.25, 0.3) is 5.91 Å². The molecule has 1 aromatic rings. The molecule has 0 unspecified atom stereocenters. The molecule has 0 aliphatic heterocycles. The van der Waals surface area contributed by atoms with Crippen LogP contribution in [-0.2, 0) is 15.4 Å². The Bertz CT molecular complexity index is 374. The number of halogens is 1. The number of hydroxylamine groups is 1. The van der Waals surface area contributed by atoms with E-state index in [1.807, 2.05) is 32.9 Å². The van der Waals surface area contributed by atoms with Crippen molar-refractivity contribution < 1.29 is 9.63 Å². The Balaban J connectivity index is 2.16. The number of hydrogen-bond acceptors (Lipinski definition) is 4. The Kier molecular flexibility index (Phi) is 5.79. The maximum atomic E-state index is 11.4. The molecule has 0 aliphatic carbocycles. The fraction of sp³-hybridized carbons (Fsp3) is 0.545. The Labute approximate surface area is 115 Å². The molecule has 3 nitrogen and oxygen atoms in total. The third-order valence-electron chi connectivity index (χ3n) is 1.58. The molecule has 0 saturated heterocycles. The van der Waals surface area contributed by atoms with Gasteiger partial charge < -0.3 is 0 Å². The standard InChI is InChI=1S/C11H16ClNO2S2/c1-11(2,3)15-13-10(14)7-16-6-8-4-5-9(12)17-8/h4-5H,6-7H2,1-3H3,(H,13,14). The molecule has 0 radical (unpaired) electrons. The van der Waals surface area contributed by atoms with E-state index in [4.69, 9.17) is 16.4 Å². The molecule has 0 fully saturated rings. The maximum absolute atomic E-state index is 11.4. The quantitative estimate of drug-likeness (QED) is 0.845. The van der Waals surface area contributed by atoms with Gasteiger partial charge in [0.05, 0.1) is 15.7 Å². The number of nitrogens with one attached hydrogen (secondary N) is 1. The number of carbonyl (C=O) groups excluding carboxylic acids is 1. The predicted molar refractivity (Wildman–Crippen MR) is 74.5 cm³/mol. The SMILES string of the molecule is CC(C)(C)ONC(=O)CSCc1ccc(Cl)s1. The van der Waals surface area contributed by atoms with Crippen molar-refractivity contribution in [2.45, 2.75) is 32.1 Å². The first-order valence-corrected chi connectivity index (χ1v) is 7.50. The molecule has 0 bridgehead atoms. The van der Waals surface area contributed by atoms with Crippen molar-refractivity contribution in [3.05, 3.63) is 21.3 Å². The van der Waals surface area contributed by atoms with Gasteiger partial charge in [-0.1, -0.05) is 11.6 Å². The van der Waals surface area contributed by atoms with E-state index in [2.05, 4.69) is 5.48 Å². The number of thiophene rings is 1. The Morgan fingerprint density at radius 1 is 1.53 bits per heavy atom. The van der Waals surface area contributed by atoms with Crippen LogP contribution in [0, 0.1) is 0 Å². The molecule has 96 valence electrons. The van der Waals surface area contributed by atoms with Crippen LogP contribution in [-0.4, -0.2) is 17.3 Å². The van der Waals surface area contributed by atoms with Gasteiger partial charge >= 0.3 is 0 Å². The summed E-state index contributed by atoms with van der Waals surface area (Å²) in [5, 5.41) is 0. The highest BCUT2D eigenvalue weighted by Gasteiger charge is 2.12. The zero-order valence-electron chi connectivity index (χ0n) is 10.1. The maximum Gasteiger partial charge on any atom is 0.253 e. The van der Waals surface area contributed by atoms with E-state index in [1.54, 1.807) is 0 Å². The lowest BCUT2D eigenvalue weighted by Crippen LogP contribution is -2.34. The van der Waals surface area contributed by atoms with E-state index in [0.717, 1.165) is 10.1 Å². The van der Waals surface area contributed by atoms with Crippen molar-refractivity contribution in [2.75, 3.05) is 5.75 Å². The van der Waals surface area contributed by atoms with Crippen LogP contribution >= 0.6 is 34.7 Å². The number of thioether (sulfide) groups is 1. The highest BCUT2D eigenvalue weighted by molar-refractivity contribution is 7.99. The van der Waals surface area contributed by atoms with Crippen LogP contribution < -0.4 is 5.48 Å². The average molecular weight is 294 g/mol. The van der Waals surface area contributed by atoms with Gasteiger partial charge in [-0.15, -0.1) is 23.1 Å². The molecule has 1 heterocycles. The van der Waals surface area contributed by atoms with Gasteiger partial charge in [0.1, 0.15) is 0 Å². The van der Waals surface area contributed by atoms with Crippen LogP contribution in [0.5, 0.6) is 0 Å². The molecule has 0 atom stereocenters. The summed E-state index contributed by atoms with van der Waals surface area (Å²) in [6.07, 6.45) is 0. The average Bonchev–Trinajstić information content (AvgIpc) is 2.60. The van der Waals surface area contributed by atoms with Crippen LogP contribution in [0.3, 0.4) is 0 Å². The molecule has 6 heteroatoms. The molecule has 0 saturated carbocycles. The number of rotatable bonds is 5. The number of hydrogen-bond donors (Lipinski definition) is 1. The van der Waals surface area contributed by atoms with Crippen molar-refractivity contribution in [1.29, 1.82) is 0 Å². The van der Waals surface area contributed by atoms with Crippen LogP contribution in [0.2, 0.25) is 4.34 Å². The minimum Gasteiger partial charge on any atom is -0.272 e. The van der Waals surface area contributed by atoms with Gasteiger partial charge in [-0.25, -0.2) is 5.48 Å². The summed E-state index contributed by atoms with van der Waals surface area (Å²) in [5.41, 5.74) is 2.07. The highest BCUT2D eigenvalue weighted by atomic mass is 35.5. The fourth-order valence-electron chi connectivity index (χ4n) is 0.913. The van der Waals surface area contributed by atoms with Gasteiger partial charge in [0.15, 0.2) is 0 Å². The summed E-state index contributed by atoms with van der Waals surface area (Å²) in [6, 6.07) is 3.84. The predicted octanol–water partition coefficient (Wildman–Crippen LogP) is 3.48. The zero-order chi connectivity index (χ0) is 12.9. The number of amides is 1. The van der Waals surface area contributed by atoms with E-state index in [0.29, 0.717) is 5.75 Å². The molecule has 1 rings (SSSR count). The Morgan fingerprint density at radius 2 is 2.24 bits per heavy atom. The minimum atomic E-state index is -0.360. The van der Waals surface area contributed by atoms with Gasteiger partial charge in [-0.3, -0.25) is 9.63 Å². The van der Waals surface area contributed by atoms with Crippen molar-refractivity contribution in [3.63, 3.8) is 0 Å².